The van der Waals surface area contributed by atoms with Crippen LogP contribution >= 0.6 is 0 Å². The van der Waals surface area contributed by atoms with E-state index in [0.29, 0.717) is 11.1 Å². The third kappa shape index (κ3) is 2.37. The highest BCUT2D eigenvalue weighted by atomic mass is 16.2. The molecule has 1 aliphatic rings. The van der Waals surface area contributed by atoms with Gasteiger partial charge < -0.3 is 0 Å². The topological polar surface area (TPSA) is 49.4 Å². The number of hydrogen-bond acceptors (Lipinski definition) is 2. The van der Waals surface area contributed by atoms with Gasteiger partial charge in [0.15, 0.2) is 0 Å². The predicted octanol–water partition coefficient (Wildman–Crippen LogP) is 3.18. The van der Waals surface area contributed by atoms with Crippen molar-refractivity contribution in [1.82, 2.24) is 10.4 Å². The van der Waals surface area contributed by atoms with E-state index in [2.05, 4.69) is 5.43 Å². The minimum Gasteiger partial charge on any atom is -0.267 e. The SMILES string of the molecule is CC(C)C1c2ccccc2C(=O)N1NC(=O)c1ccccc1. The Hall–Kier alpha value is -2.62. The molecule has 0 saturated heterocycles. The van der Waals surface area contributed by atoms with Gasteiger partial charge in [0.25, 0.3) is 11.8 Å². The normalized spacial score (nSPS) is 16.8. The maximum Gasteiger partial charge on any atom is 0.273 e. The summed E-state index contributed by atoms with van der Waals surface area (Å²) in [5.41, 5.74) is 4.93. The molecule has 0 bridgehead atoms. The van der Waals surface area contributed by atoms with E-state index in [9.17, 15) is 9.59 Å². The third-order valence-electron chi connectivity index (χ3n) is 3.90. The number of nitrogens with one attached hydrogen (secondary N) is 1. The van der Waals surface area contributed by atoms with Crippen molar-refractivity contribution in [3.05, 3.63) is 71.3 Å². The summed E-state index contributed by atoms with van der Waals surface area (Å²) in [6, 6.07) is 16.3. The molecule has 1 N–H and O–H groups in total. The Morgan fingerprint density at radius 3 is 2.36 bits per heavy atom. The van der Waals surface area contributed by atoms with Crippen LogP contribution < -0.4 is 5.43 Å². The zero-order valence-electron chi connectivity index (χ0n) is 12.6. The average Bonchev–Trinajstić information content (AvgIpc) is 2.81. The largest absolute Gasteiger partial charge is 0.273 e. The lowest BCUT2D eigenvalue weighted by Gasteiger charge is -2.28. The van der Waals surface area contributed by atoms with Crippen molar-refractivity contribution in [2.24, 2.45) is 5.92 Å². The number of nitrogens with zero attached hydrogens (tertiary/aromatic N) is 1. The zero-order valence-corrected chi connectivity index (χ0v) is 12.6. The lowest BCUT2D eigenvalue weighted by atomic mass is 9.96. The van der Waals surface area contributed by atoms with Crippen LogP contribution in [0, 0.1) is 5.92 Å². The molecule has 1 unspecified atom stereocenters. The van der Waals surface area contributed by atoms with Gasteiger partial charge in [0.1, 0.15) is 0 Å². The van der Waals surface area contributed by atoms with Crippen molar-refractivity contribution < 1.29 is 9.59 Å². The van der Waals surface area contributed by atoms with Crippen LogP contribution in [0.5, 0.6) is 0 Å². The second kappa shape index (κ2) is 5.64. The molecule has 22 heavy (non-hydrogen) atoms. The van der Waals surface area contributed by atoms with E-state index in [1.165, 1.54) is 5.01 Å². The lowest BCUT2D eigenvalue weighted by Crippen LogP contribution is -2.45. The summed E-state index contributed by atoms with van der Waals surface area (Å²) in [4.78, 5) is 25.0. The zero-order chi connectivity index (χ0) is 15.7. The number of benzene rings is 2. The molecule has 0 radical (unpaired) electrons. The van der Waals surface area contributed by atoms with Gasteiger partial charge in [-0.15, -0.1) is 0 Å². The first-order valence-corrected chi connectivity index (χ1v) is 7.38. The van der Waals surface area contributed by atoms with Gasteiger partial charge >= 0.3 is 0 Å². The summed E-state index contributed by atoms with van der Waals surface area (Å²) in [5, 5.41) is 1.46. The van der Waals surface area contributed by atoms with Crippen molar-refractivity contribution in [3.63, 3.8) is 0 Å². The van der Waals surface area contributed by atoms with E-state index in [0.717, 1.165) is 5.56 Å². The second-order valence-corrected chi connectivity index (χ2v) is 5.76. The monoisotopic (exact) mass is 294 g/mol. The molecule has 4 heteroatoms. The Morgan fingerprint density at radius 2 is 1.68 bits per heavy atom. The predicted molar refractivity (Wildman–Crippen MR) is 84.1 cm³/mol. The maximum atomic E-state index is 12.6. The molecule has 1 aliphatic heterocycles. The third-order valence-corrected chi connectivity index (χ3v) is 3.90. The van der Waals surface area contributed by atoms with E-state index in [1.54, 1.807) is 24.3 Å². The van der Waals surface area contributed by atoms with E-state index in [1.807, 2.05) is 44.2 Å². The van der Waals surface area contributed by atoms with Crippen LogP contribution in [0.25, 0.3) is 0 Å². The fourth-order valence-corrected chi connectivity index (χ4v) is 2.89. The quantitative estimate of drug-likeness (QED) is 0.945. The number of hydrazine groups is 1. The van der Waals surface area contributed by atoms with Crippen LogP contribution in [-0.4, -0.2) is 16.8 Å². The highest BCUT2D eigenvalue weighted by molar-refractivity contribution is 6.02. The molecule has 2 aromatic carbocycles. The van der Waals surface area contributed by atoms with Gasteiger partial charge in [-0.1, -0.05) is 50.2 Å². The van der Waals surface area contributed by atoms with Gasteiger partial charge in [-0.05, 0) is 29.7 Å². The number of carbonyl (C=O) groups excluding carboxylic acids is 2. The first-order valence-electron chi connectivity index (χ1n) is 7.38. The fourth-order valence-electron chi connectivity index (χ4n) is 2.89. The summed E-state index contributed by atoms with van der Waals surface area (Å²) < 4.78 is 0. The molecule has 0 saturated carbocycles. The van der Waals surface area contributed by atoms with Crippen molar-refractivity contribution in [2.75, 3.05) is 0 Å². The molecule has 0 spiro atoms. The first kappa shape index (κ1) is 14.3. The van der Waals surface area contributed by atoms with Crippen molar-refractivity contribution in [2.45, 2.75) is 19.9 Å². The number of carbonyl (C=O) groups is 2. The van der Waals surface area contributed by atoms with Crippen molar-refractivity contribution in [3.8, 4) is 0 Å². The molecular weight excluding hydrogens is 276 g/mol. The summed E-state index contributed by atoms with van der Waals surface area (Å²) in [6.07, 6.45) is 0. The minimum absolute atomic E-state index is 0.142. The molecule has 3 rings (SSSR count). The van der Waals surface area contributed by atoms with E-state index in [4.69, 9.17) is 0 Å². The maximum absolute atomic E-state index is 12.6. The highest BCUT2D eigenvalue weighted by Crippen LogP contribution is 2.37. The smallest absolute Gasteiger partial charge is 0.267 e. The van der Waals surface area contributed by atoms with Crippen LogP contribution in [0.2, 0.25) is 0 Å². The van der Waals surface area contributed by atoms with Gasteiger partial charge in [-0.25, -0.2) is 5.01 Å². The number of rotatable bonds is 3. The summed E-state index contributed by atoms with van der Waals surface area (Å²) in [6.45, 7) is 4.09. The van der Waals surface area contributed by atoms with Crippen LogP contribution in [0.3, 0.4) is 0 Å². The Morgan fingerprint density at radius 1 is 1.05 bits per heavy atom. The number of hydrogen-bond donors (Lipinski definition) is 1. The van der Waals surface area contributed by atoms with Gasteiger partial charge in [-0.2, -0.15) is 0 Å². The molecular formula is C18H18N2O2. The molecule has 0 aromatic heterocycles. The Balaban J connectivity index is 1.91. The first-order chi connectivity index (χ1) is 10.6. The van der Waals surface area contributed by atoms with E-state index >= 15 is 0 Å². The average molecular weight is 294 g/mol. The van der Waals surface area contributed by atoms with Crippen molar-refractivity contribution >= 4 is 11.8 Å². The Labute approximate surface area is 129 Å². The van der Waals surface area contributed by atoms with E-state index < -0.39 is 0 Å². The molecule has 2 aromatic rings. The summed E-state index contributed by atoms with van der Waals surface area (Å²) in [5.74, 6) is -0.227. The fraction of sp³-hybridized carbons (Fsp3) is 0.222. The molecule has 112 valence electrons. The molecule has 4 nitrogen and oxygen atoms in total. The Bertz CT molecular complexity index is 710. The molecule has 2 amide bonds. The van der Waals surface area contributed by atoms with Crippen LogP contribution in [-0.2, 0) is 0 Å². The second-order valence-electron chi connectivity index (χ2n) is 5.76. The molecule has 0 fully saturated rings. The summed E-state index contributed by atoms with van der Waals surface area (Å²) >= 11 is 0. The lowest BCUT2D eigenvalue weighted by molar-refractivity contribution is 0.0474. The van der Waals surface area contributed by atoms with Crippen LogP contribution in [0.1, 0.15) is 46.2 Å². The number of fused-ring (bicyclic) bond motifs is 1. The van der Waals surface area contributed by atoms with Gasteiger partial charge in [0.05, 0.1) is 6.04 Å². The molecule has 0 aliphatic carbocycles. The summed E-state index contributed by atoms with van der Waals surface area (Å²) in [7, 11) is 0. The van der Waals surface area contributed by atoms with Gasteiger partial charge in [0.2, 0.25) is 0 Å². The molecule has 1 heterocycles. The van der Waals surface area contributed by atoms with Gasteiger partial charge in [-0.3, -0.25) is 15.0 Å². The van der Waals surface area contributed by atoms with Crippen LogP contribution in [0.15, 0.2) is 54.6 Å². The van der Waals surface area contributed by atoms with Crippen molar-refractivity contribution in [1.29, 1.82) is 0 Å². The van der Waals surface area contributed by atoms with Crippen LogP contribution in [0.4, 0.5) is 0 Å². The van der Waals surface area contributed by atoms with Gasteiger partial charge in [0, 0.05) is 11.1 Å². The number of amides is 2. The van der Waals surface area contributed by atoms with E-state index in [-0.39, 0.29) is 23.8 Å². The highest BCUT2D eigenvalue weighted by Gasteiger charge is 2.39. The Kier molecular flexibility index (Phi) is 3.67. The minimum atomic E-state index is -0.271. The standard InChI is InChI=1S/C18H18N2O2/c1-12(2)16-14-10-6-7-11-15(14)18(22)20(16)19-17(21)13-8-4-3-5-9-13/h3-12,16H,1-2H3,(H,19,21). The molecule has 1 atom stereocenters.